The molecule has 0 aliphatic heterocycles. The van der Waals surface area contributed by atoms with Gasteiger partial charge in [-0.15, -0.1) is 0 Å². The summed E-state index contributed by atoms with van der Waals surface area (Å²) in [6.45, 7) is 3.01. The Morgan fingerprint density at radius 3 is 2.53 bits per heavy atom. The number of hydrogen-bond acceptors (Lipinski definition) is 2. The van der Waals surface area contributed by atoms with Crippen molar-refractivity contribution < 1.29 is 8.78 Å². The number of hydrogen-bond donors (Lipinski definition) is 1. The molecule has 3 nitrogen and oxygen atoms in total. The molecule has 1 heterocycles. The largest absolute Gasteiger partial charge is 0.304 e. The summed E-state index contributed by atoms with van der Waals surface area (Å²) in [5.74, 6) is -1.00. The molecule has 2 aromatic rings. The number of aryl methyl sites for hydroxylation is 2. The van der Waals surface area contributed by atoms with Crippen LogP contribution in [0.25, 0.3) is 11.4 Å². The summed E-state index contributed by atoms with van der Waals surface area (Å²) >= 11 is 0. The molecule has 0 fully saturated rings. The maximum absolute atomic E-state index is 13.1. The van der Waals surface area contributed by atoms with Crippen LogP contribution in [0.3, 0.4) is 0 Å². The Labute approximate surface area is 96.2 Å². The van der Waals surface area contributed by atoms with Crippen LogP contribution in [0.5, 0.6) is 0 Å². The van der Waals surface area contributed by atoms with Gasteiger partial charge in [-0.1, -0.05) is 0 Å². The molecule has 1 aromatic carbocycles. The van der Waals surface area contributed by atoms with Gasteiger partial charge in [0.25, 0.3) is 5.56 Å². The summed E-state index contributed by atoms with van der Waals surface area (Å²) in [6.07, 6.45) is 0. The first kappa shape index (κ1) is 11.4. The first-order chi connectivity index (χ1) is 7.99. The van der Waals surface area contributed by atoms with Crippen molar-refractivity contribution in [2.75, 3.05) is 0 Å². The van der Waals surface area contributed by atoms with E-state index in [2.05, 4.69) is 9.97 Å². The van der Waals surface area contributed by atoms with Crippen molar-refractivity contribution in [1.29, 1.82) is 0 Å². The maximum Gasteiger partial charge on any atom is 0.287 e. The average molecular weight is 236 g/mol. The molecule has 5 heteroatoms. The van der Waals surface area contributed by atoms with E-state index in [1.54, 1.807) is 13.0 Å². The van der Waals surface area contributed by atoms with Gasteiger partial charge in [0, 0.05) is 5.56 Å². The van der Waals surface area contributed by atoms with Gasteiger partial charge in [-0.05, 0) is 37.6 Å². The van der Waals surface area contributed by atoms with Crippen LogP contribution in [0.4, 0.5) is 8.78 Å². The summed E-state index contributed by atoms with van der Waals surface area (Å²) in [5.41, 5.74) is 0.177. The molecule has 2 rings (SSSR count). The molecular weight excluding hydrogens is 226 g/mol. The normalized spacial score (nSPS) is 10.6. The minimum absolute atomic E-state index is 0.0192. The van der Waals surface area contributed by atoms with Gasteiger partial charge in [0.1, 0.15) is 11.6 Å². The Kier molecular flexibility index (Phi) is 2.75. The fourth-order valence-corrected chi connectivity index (χ4v) is 1.50. The van der Waals surface area contributed by atoms with Crippen molar-refractivity contribution >= 4 is 0 Å². The first-order valence-corrected chi connectivity index (χ1v) is 5.02. The first-order valence-electron chi connectivity index (χ1n) is 5.02. The number of halogens is 2. The van der Waals surface area contributed by atoms with Crippen LogP contribution in [0.2, 0.25) is 0 Å². The SMILES string of the molecule is Cc1cc(-c2nc(C)c(F)c(=O)[nH]2)ccc1F. The third-order valence-corrected chi connectivity index (χ3v) is 2.46. The predicted molar refractivity (Wildman–Crippen MR) is 59.7 cm³/mol. The monoisotopic (exact) mass is 236 g/mol. The van der Waals surface area contributed by atoms with Crippen LogP contribution in [-0.2, 0) is 0 Å². The zero-order valence-electron chi connectivity index (χ0n) is 9.34. The predicted octanol–water partition coefficient (Wildman–Crippen LogP) is 2.33. The number of rotatable bonds is 1. The van der Waals surface area contributed by atoms with Crippen LogP contribution < -0.4 is 5.56 Å². The zero-order chi connectivity index (χ0) is 12.6. The van der Waals surface area contributed by atoms with Crippen LogP contribution in [0.15, 0.2) is 23.0 Å². The fraction of sp³-hybridized carbons (Fsp3) is 0.167. The Balaban J connectivity index is 2.61. The highest BCUT2D eigenvalue weighted by Crippen LogP contribution is 2.17. The van der Waals surface area contributed by atoms with Crippen LogP contribution in [0.1, 0.15) is 11.3 Å². The van der Waals surface area contributed by atoms with Gasteiger partial charge in [0.2, 0.25) is 5.82 Å². The van der Waals surface area contributed by atoms with Crippen LogP contribution in [0, 0.1) is 25.5 Å². The van der Waals surface area contributed by atoms with Crippen molar-refractivity contribution in [2.45, 2.75) is 13.8 Å². The highest BCUT2D eigenvalue weighted by Gasteiger charge is 2.09. The summed E-state index contributed by atoms with van der Waals surface area (Å²) in [4.78, 5) is 17.5. The molecule has 0 unspecified atom stereocenters. The van der Waals surface area contributed by atoms with Gasteiger partial charge in [-0.2, -0.15) is 4.39 Å². The summed E-state index contributed by atoms with van der Waals surface area (Å²) < 4.78 is 26.2. The standard InChI is InChI=1S/C12H10F2N2O/c1-6-5-8(3-4-9(6)13)11-15-7(2)10(14)12(17)16-11/h3-5H,1-2H3,(H,15,16,17). The van der Waals surface area contributed by atoms with Crippen LogP contribution >= 0.6 is 0 Å². The number of H-pyrrole nitrogens is 1. The molecule has 0 atom stereocenters. The third kappa shape index (κ3) is 2.08. The van der Waals surface area contributed by atoms with E-state index in [0.29, 0.717) is 11.1 Å². The van der Waals surface area contributed by atoms with Crippen molar-refractivity contribution in [3.8, 4) is 11.4 Å². The lowest BCUT2D eigenvalue weighted by atomic mass is 10.1. The smallest absolute Gasteiger partial charge is 0.287 e. The highest BCUT2D eigenvalue weighted by molar-refractivity contribution is 5.56. The van der Waals surface area contributed by atoms with Gasteiger partial charge in [0.15, 0.2) is 0 Å². The van der Waals surface area contributed by atoms with Crippen molar-refractivity contribution in [3.05, 3.63) is 51.4 Å². The van der Waals surface area contributed by atoms with Gasteiger partial charge in [0.05, 0.1) is 5.69 Å². The topological polar surface area (TPSA) is 45.8 Å². The van der Waals surface area contributed by atoms with E-state index in [-0.39, 0.29) is 17.3 Å². The maximum atomic E-state index is 13.1. The van der Waals surface area contributed by atoms with Gasteiger partial charge in [-0.3, -0.25) is 4.79 Å². The van der Waals surface area contributed by atoms with Crippen molar-refractivity contribution in [1.82, 2.24) is 9.97 Å². The molecule has 1 N–H and O–H groups in total. The second kappa shape index (κ2) is 4.08. The minimum Gasteiger partial charge on any atom is -0.304 e. The summed E-state index contributed by atoms with van der Waals surface area (Å²) in [6, 6.07) is 4.31. The molecular formula is C12H10F2N2O. The number of nitrogens with one attached hydrogen (secondary N) is 1. The summed E-state index contributed by atoms with van der Waals surface area (Å²) in [7, 11) is 0. The molecule has 0 amide bonds. The molecule has 0 aliphatic rings. The van der Waals surface area contributed by atoms with Gasteiger partial charge in [-0.25, -0.2) is 9.37 Å². The molecule has 0 bridgehead atoms. The zero-order valence-corrected chi connectivity index (χ0v) is 9.34. The molecule has 88 valence electrons. The molecule has 0 saturated carbocycles. The van der Waals surface area contributed by atoms with E-state index in [1.165, 1.54) is 19.1 Å². The van der Waals surface area contributed by atoms with Crippen molar-refractivity contribution in [2.24, 2.45) is 0 Å². The van der Waals surface area contributed by atoms with E-state index >= 15 is 0 Å². The second-order valence-electron chi connectivity index (χ2n) is 3.78. The molecule has 0 saturated heterocycles. The molecule has 0 aliphatic carbocycles. The van der Waals surface area contributed by atoms with E-state index in [9.17, 15) is 13.6 Å². The Bertz CT molecular complexity index is 635. The fourth-order valence-electron chi connectivity index (χ4n) is 1.50. The lowest BCUT2D eigenvalue weighted by molar-refractivity contribution is 0.589. The number of aromatic nitrogens is 2. The molecule has 0 spiro atoms. The van der Waals surface area contributed by atoms with E-state index in [0.717, 1.165) is 0 Å². The van der Waals surface area contributed by atoms with Gasteiger partial charge < -0.3 is 4.98 Å². The highest BCUT2D eigenvalue weighted by atomic mass is 19.1. The molecule has 17 heavy (non-hydrogen) atoms. The number of aromatic amines is 1. The lowest BCUT2D eigenvalue weighted by Crippen LogP contribution is -2.15. The Hall–Kier alpha value is -2.04. The number of benzene rings is 1. The average Bonchev–Trinajstić information content (AvgIpc) is 2.29. The van der Waals surface area contributed by atoms with Gasteiger partial charge >= 0.3 is 0 Å². The van der Waals surface area contributed by atoms with Crippen LogP contribution in [-0.4, -0.2) is 9.97 Å². The Morgan fingerprint density at radius 1 is 1.24 bits per heavy atom. The van der Waals surface area contributed by atoms with E-state index < -0.39 is 11.4 Å². The minimum atomic E-state index is -0.896. The second-order valence-corrected chi connectivity index (χ2v) is 3.78. The Morgan fingerprint density at radius 2 is 1.94 bits per heavy atom. The summed E-state index contributed by atoms with van der Waals surface area (Å²) in [5, 5.41) is 0. The lowest BCUT2D eigenvalue weighted by Gasteiger charge is -2.04. The molecule has 1 aromatic heterocycles. The van der Waals surface area contributed by atoms with E-state index in [4.69, 9.17) is 0 Å². The van der Waals surface area contributed by atoms with E-state index in [1.807, 2.05) is 0 Å². The number of nitrogens with zero attached hydrogens (tertiary/aromatic N) is 1. The third-order valence-electron chi connectivity index (χ3n) is 2.46. The molecule has 0 radical (unpaired) electrons. The van der Waals surface area contributed by atoms with Crippen molar-refractivity contribution in [3.63, 3.8) is 0 Å². The quantitative estimate of drug-likeness (QED) is 0.826.